The molecule has 9 heteroatoms. The minimum absolute atomic E-state index is 0.0593. The van der Waals surface area contributed by atoms with Gasteiger partial charge in [0.1, 0.15) is 17.7 Å². The Bertz CT molecular complexity index is 1220. The van der Waals surface area contributed by atoms with Crippen molar-refractivity contribution in [3.8, 4) is 0 Å². The highest BCUT2D eigenvalue weighted by molar-refractivity contribution is 5.74. The molecule has 1 unspecified atom stereocenters. The number of likely N-dealkylation sites (tertiary alicyclic amines) is 2. The first-order valence-electron chi connectivity index (χ1n) is 15.5. The lowest BCUT2D eigenvalue weighted by Crippen LogP contribution is -2.51. The van der Waals surface area contributed by atoms with Crippen LogP contribution in [0.2, 0.25) is 0 Å². The first-order valence-corrected chi connectivity index (χ1v) is 15.5. The van der Waals surface area contributed by atoms with Crippen LogP contribution in [0.25, 0.3) is 0 Å². The van der Waals surface area contributed by atoms with Crippen LogP contribution in [0.4, 0.5) is 0 Å². The smallest absolute Gasteiger partial charge is 0.320 e. The topological polar surface area (TPSA) is 104 Å². The molecule has 3 N–H and O–H groups in total. The molecule has 2 atom stereocenters. The molecule has 3 aromatic rings. The van der Waals surface area contributed by atoms with Gasteiger partial charge in [0, 0.05) is 50.5 Å². The number of benzene rings is 1. The van der Waals surface area contributed by atoms with Gasteiger partial charge in [-0.15, -0.1) is 0 Å². The molecule has 1 aromatic carbocycles. The van der Waals surface area contributed by atoms with Crippen LogP contribution in [0.3, 0.4) is 0 Å². The molecule has 5 rings (SSSR count). The van der Waals surface area contributed by atoms with Crippen LogP contribution >= 0.6 is 0 Å². The minimum Gasteiger partial charge on any atom is -0.480 e. The molecule has 2 aliphatic heterocycles. The summed E-state index contributed by atoms with van der Waals surface area (Å²) in [4.78, 5) is 35.1. The summed E-state index contributed by atoms with van der Waals surface area (Å²) in [5.41, 5.74) is 2.70. The highest BCUT2D eigenvalue weighted by Crippen LogP contribution is 2.51. The van der Waals surface area contributed by atoms with Crippen LogP contribution < -0.4 is 0 Å². The monoisotopic (exact) mass is 575 g/mol. The highest BCUT2D eigenvalue weighted by Gasteiger charge is 2.55. The lowest BCUT2D eigenvalue weighted by molar-refractivity contribution is -0.143. The Morgan fingerprint density at radius 2 is 1.57 bits per heavy atom. The zero-order valence-electron chi connectivity index (χ0n) is 26.0. The van der Waals surface area contributed by atoms with E-state index in [1.807, 2.05) is 12.4 Å². The van der Waals surface area contributed by atoms with Crippen molar-refractivity contribution in [2.75, 3.05) is 19.6 Å². The van der Waals surface area contributed by atoms with E-state index in [0.717, 1.165) is 57.1 Å². The third kappa shape index (κ3) is 7.30. The van der Waals surface area contributed by atoms with E-state index in [9.17, 15) is 9.90 Å². The molecule has 0 amide bonds. The Hall–Kier alpha value is -3.01. The fourth-order valence-electron chi connectivity index (χ4n) is 7.60. The van der Waals surface area contributed by atoms with Gasteiger partial charge >= 0.3 is 5.97 Å². The number of hydrogen-bond donors (Lipinski definition) is 3. The van der Waals surface area contributed by atoms with Crippen LogP contribution in [-0.2, 0) is 31.0 Å². The van der Waals surface area contributed by atoms with Crippen molar-refractivity contribution in [2.45, 2.75) is 92.1 Å². The van der Waals surface area contributed by atoms with Gasteiger partial charge in [-0.1, -0.05) is 58.9 Å². The second-order valence-corrected chi connectivity index (χ2v) is 14.2. The molecule has 2 aliphatic rings. The van der Waals surface area contributed by atoms with E-state index in [1.165, 1.54) is 11.1 Å². The van der Waals surface area contributed by atoms with E-state index >= 15 is 0 Å². The minimum atomic E-state index is -0.683. The maximum Gasteiger partial charge on any atom is 0.320 e. The standard InChI is InChI=1S/C33H49N7O2/c1-24(2)30-33(10-16-38(17-11-33)23-32(3,4)5)18-27(31(41)42)40(30)20-26-8-6-25(7-9-26)19-39(21-28-34-12-13-35-28)22-29-36-14-15-37-29/h6-9,12-15,24,27,30H,10-11,16-23H2,1-5H3,(H,34,35)(H,36,37)(H,41,42)/t27-,30?/m0/s1. The van der Waals surface area contributed by atoms with Gasteiger partial charge in [0.05, 0.1) is 13.1 Å². The molecular weight excluding hydrogens is 526 g/mol. The normalized spacial score (nSPS) is 21.6. The summed E-state index contributed by atoms with van der Waals surface area (Å²) in [5, 5.41) is 10.4. The van der Waals surface area contributed by atoms with Gasteiger partial charge in [0.25, 0.3) is 0 Å². The van der Waals surface area contributed by atoms with Gasteiger partial charge in [0.15, 0.2) is 0 Å². The summed E-state index contributed by atoms with van der Waals surface area (Å²) in [6.45, 7) is 17.5. The van der Waals surface area contributed by atoms with Crippen LogP contribution in [0.5, 0.6) is 0 Å². The average molecular weight is 576 g/mol. The van der Waals surface area contributed by atoms with Crippen molar-refractivity contribution in [1.82, 2.24) is 34.6 Å². The van der Waals surface area contributed by atoms with E-state index in [0.29, 0.717) is 25.6 Å². The Morgan fingerprint density at radius 1 is 1.00 bits per heavy atom. The zero-order valence-corrected chi connectivity index (χ0v) is 26.0. The molecule has 0 radical (unpaired) electrons. The second-order valence-electron chi connectivity index (χ2n) is 14.2. The number of H-pyrrole nitrogens is 2. The highest BCUT2D eigenvalue weighted by atomic mass is 16.4. The third-order valence-corrected chi connectivity index (χ3v) is 9.10. The largest absolute Gasteiger partial charge is 0.480 e. The zero-order chi connectivity index (χ0) is 29.9. The lowest BCUT2D eigenvalue weighted by atomic mass is 9.68. The maximum atomic E-state index is 12.6. The van der Waals surface area contributed by atoms with Crippen molar-refractivity contribution < 1.29 is 9.90 Å². The van der Waals surface area contributed by atoms with Gasteiger partial charge in [-0.3, -0.25) is 14.6 Å². The van der Waals surface area contributed by atoms with Crippen molar-refractivity contribution in [3.63, 3.8) is 0 Å². The van der Waals surface area contributed by atoms with Crippen molar-refractivity contribution in [3.05, 3.63) is 71.8 Å². The van der Waals surface area contributed by atoms with Crippen LogP contribution in [0.1, 0.15) is 76.7 Å². The number of carboxylic acid groups (broad SMARTS) is 1. The van der Waals surface area contributed by atoms with Gasteiger partial charge in [-0.25, -0.2) is 9.97 Å². The number of aromatic amines is 2. The van der Waals surface area contributed by atoms with Crippen molar-refractivity contribution in [2.24, 2.45) is 16.7 Å². The summed E-state index contributed by atoms with van der Waals surface area (Å²) in [6.07, 6.45) is 10.2. The number of piperidine rings is 1. The summed E-state index contributed by atoms with van der Waals surface area (Å²) in [6, 6.07) is 8.55. The predicted molar refractivity (Wildman–Crippen MR) is 164 cm³/mol. The molecule has 2 fully saturated rings. The molecule has 228 valence electrons. The van der Waals surface area contributed by atoms with Crippen molar-refractivity contribution >= 4 is 5.97 Å². The number of hydrogen-bond acceptors (Lipinski definition) is 6. The molecular formula is C33H49N7O2. The number of aromatic nitrogens is 4. The van der Waals surface area contributed by atoms with Crippen LogP contribution in [-0.4, -0.2) is 77.4 Å². The molecule has 2 saturated heterocycles. The van der Waals surface area contributed by atoms with E-state index in [4.69, 9.17) is 0 Å². The molecule has 1 spiro atoms. The average Bonchev–Trinajstić information content (AvgIpc) is 3.68. The molecule has 4 heterocycles. The first-order chi connectivity index (χ1) is 20.0. The Morgan fingerprint density at radius 3 is 2.05 bits per heavy atom. The van der Waals surface area contributed by atoms with Crippen molar-refractivity contribution in [1.29, 1.82) is 0 Å². The number of imidazole rings is 2. The summed E-state index contributed by atoms with van der Waals surface area (Å²) >= 11 is 0. The Labute approximate surface area is 250 Å². The Balaban J connectivity index is 1.29. The summed E-state index contributed by atoms with van der Waals surface area (Å²) in [5.74, 6) is 1.55. The number of carboxylic acids is 1. The molecule has 0 aliphatic carbocycles. The SMILES string of the molecule is CC(C)C1N(Cc2ccc(CN(Cc3ncc[nH]3)Cc3ncc[nH]3)cc2)[C@H](C(=O)O)CC12CCN(CC(C)(C)C)CC2. The summed E-state index contributed by atoms with van der Waals surface area (Å²) in [7, 11) is 0. The van der Waals surface area contributed by atoms with Crippen LogP contribution in [0, 0.1) is 16.7 Å². The second kappa shape index (κ2) is 12.7. The maximum absolute atomic E-state index is 12.6. The lowest BCUT2D eigenvalue weighted by Gasteiger charge is -2.47. The van der Waals surface area contributed by atoms with Gasteiger partial charge in [0.2, 0.25) is 0 Å². The van der Waals surface area contributed by atoms with E-state index in [-0.39, 0.29) is 16.9 Å². The first kappa shape index (κ1) is 30.4. The Kier molecular flexibility index (Phi) is 9.20. The fraction of sp³-hybridized carbons (Fsp3) is 0.606. The quantitative estimate of drug-likeness (QED) is 0.291. The fourth-order valence-corrected chi connectivity index (χ4v) is 7.60. The number of carbonyl (C=O) groups is 1. The van der Waals surface area contributed by atoms with Gasteiger partial charge < -0.3 is 20.0 Å². The van der Waals surface area contributed by atoms with E-state index in [2.05, 4.69) is 93.5 Å². The third-order valence-electron chi connectivity index (χ3n) is 9.10. The van der Waals surface area contributed by atoms with Crippen LogP contribution in [0.15, 0.2) is 49.1 Å². The number of rotatable bonds is 11. The molecule has 9 nitrogen and oxygen atoms in total. The summed E-state index contributed by atoms with van der Waals surface area (Å²) < 4.78 is 0. The number of nitrogens with zero attached hydrogens (tertiary/aromatic N) is 5. The number of aliphatic carboxylic acids is 1. The van der Waals surface area contributed by atoms with Gasteiger partial charge in [-0.2, -0.15) is 0 Å². The molecule has 2 aromatic heterocycles. The van der Waals surface area contributed by atoms with E-state index < -0.39 is 12.0 Å². The molecule has 42 heavy (non-hydrogen) atoms. The molecule has 0 saturated carbocycles. The predicted octanol–water partition coefficient (Wildman–Crippen LogP) is 5.15. The number of nitrogens with one attached hydrogen (secondary N) is 2. The van der Waals surface area contributed by atoms with E-state index in [1.54, 1.807) is 12.4 Å². The molecule has 0 bridgehead atoms. The van der Waals surface area contributed by atoms with Gasteiger partial charge in [-0.05, 0) is 60.2 Å².